The number of carbonyl (C=O) groups is 2. The van der Waals surface area contributed by atoms with E-state index in [1.54, 1.807) is 17.0 Å². The molecule has 7 heteroatoms. The average Bonchev–Trinajstić information content (AvgIpc) is 2.80. The molecule has 178 valence electrons. The molecule has 0 unspecified atom stereocenters. The van der Waals surface area contributed by atoms with E-state index in [9.17, 15) is 9.59 Å². The van der Waals surface area contributed by atoms with E-state index in [1.165, 1.54) is 18.2 Å². The zero-order valence-electron chi connectivity index (χ0n) is 19.3. The maximum absolute atomic E-state index is 13.3. The quantitative estimate of drug-likeness (QED) is 0.427. The van der Waals surface area contributed by atoms with Crippen LogP contribution in [-0.4, -0.2) is 34.6 Å². The molecular weight excluding hydrogens is 475 g/mol. The van der Waals surface area contributed by atoms with Gasteiger partial charge in [-0.2, -0.15) is 0 Å². The first kappa shape index (κ1) is 25.9. The summed E-state index contributed by atoms with van der Waals surface area (Å²) >= 11 is 13.7. The molecule has 2 aromatic rings. The lowest BCUT2D eigenvalue weighted by molar-refractivity contribution is -0.139. The van der Waals surface area contributed by atoms with Gasteiger partial charge in [0, 0.05) is 28.4 Å². The fourth-order valence-electron chi connectivity index (χ4n) is 4.01. The van der Waals surface area contributed by atoms with Gasteiger partial charge in [0.05, 0.1) is 5.75 Å². The van der Waals surface area contributed by atoms with Gasteiger partial charge in [-0.05, 0) is 49.9 Å². The Balaban J connectivity index is 1.65. The molecule has 0 heterocycles. The molecule has 2 amide bonds. The molecular formula is C26H32Cl2N2O2S. The Bertz CT molecular complexity index is 946. The number of amides is 2. The third kappa shape index (κ3) is 7.94. The number of nitrogens with zero attached hydrogens (tertiary/aromatic N) is 1. The van der Waals surface area contributed by atoms with Crippen LogP contribution in [0.15, 0.2) is 42.5 Å². The molecule has 1 fully saturated rings. The summed E-state index contributed by atoms with van der Waals surface area (Å²) in [5.41, 5.74) is 3.11. The van der Waals surface area contributed by atoms with Crippen LogP contribution >= 0.6 is 35.0 Å². The van der Waals surface area contributed by atoms with Gasteiger partial charge in [0.2, 0.25) is 11.8 Å². The largest absolute Gasteiger partial charge is 0.352 e. The summed E-state index contributed by atoms with van der Waals surface area (Å²) in [5.74, 6) is 0.735. The second kappa shape index (κ2) is 12.7. The number of aryl methyl sites for hydroxylation is 1. The van der Waals surface area contributed by atoms with Crippen LogP contribution < -0.4 is 5.32 Å². The summed E-state index contributed by atoms with van der Waals surface area (Å²) in [4.78, 5) is 28.0. The molecule has 1 aliphatic carbocycles. The van der Waals surface area contributed by atoms with Crippen LogP contribution in [0.5, 0.6) is 0 Å². The smallest absolute Gasteiger partial charge is 0.242 e. The molecule has 0 saturated heterocycles. The normalized spacial score (nSPS) is 15.2. The van der Waals surface area contributed by atoms with Crippen LogP contribution in [0.25, 0.3) is 0 Å². The number of halogens is 2. The number of benzene rings is 2. The predicted molar refractivity (Wildman–Crippen MR) is 139 cm³/mol. The highest BCUT2D eigenvalue weighted by atomic mass is 35.5. The van der Waals surface area contributed by atoms with Gasteiger partial charge in [-0.15, -0.1) is 11.8 Å². The SMILES string of the molecule is Cc1ccc(CN(C(=O)CSCc2ccc(Cl)cc2Cl)[C@@H](C)C(=O)NC2CCCCC2)cc1. The van der Waals surface area contributed by atoms with E-state index < -0.39 is 6.04 Å². The van der Waals surface area contributed by atoms with Crippen molar-refractivity contribution in [3.05, 3.63) is 69.2 Å². The third-order valence-corrected chi connectivity index (χ3v) is 7.64. The van der Waals surface area contributed by atoms with Crippen LogP contribution in [0.3, 0.4) is 0 Å². The van der Waals surface area contributed by atoms with E-state index >= 15 is 0 Å². The van der Waals surface area contributed by atoms with Crippen LogP contribution in [-0.2, 0) is 21.9 Å². The highest BCUT2D eigenvalue weighted by molar-refractivity contribution is 7.99. The van der Waals surface area contributed by atoms with Gasteiger partial charge in [-0.25, -0.2) is 0 Å². The molecule has 3 rings (SSSR count). The minimum absolute atomic E-state index is 0.0584. The van der Waals surface area contributed by atoms with E-state index in [-0.39, 0.29) is 23.6 Å². The highest BCUT2D eigenvalue weighted by Gasteiger charge is 2.28. The van der Waals surface area contributed by atoms with Gasteiger partial charge < -0.3 is 10.2 Å². The summed E-state index contributed by atoms with van der Waals surface area (Å²) in [5, 5.41) is 4.36. The first-order valence-electron chi connectivity index (χ1n) is 11.5. The molecule has 33 heavy (non-hydrogen) atoms. The van der Waals surface area contributed by atoms with Gasteiger partial charge in [0.25, 0.3) is 0 Å². The van der Waals surface area contributed by atoms with Gasteiger partial charge >= 0.3 is 0 Å². The maximum atomic E-state index is 13.3. The fraction of sp³-hybridized carbons (Fsp3) is 0.462. The number of hydrogen-bond donors (Lipinski definition) is 1. The third-order valence-electron chi connectivity index (χ3n) is 6.09. The summed E-state index contributed by atoms with van der Waals surface area (Å²) in [6, 6.07) is 13.2. The Morgan fingerprint density at radius 2 is 1.79 bits per heavy atom. The van der Waals surface area contributed by atoms with Crippen molar-refractivity contribution in [2.24, 2.45) is 0 Å². The summed E-state index contributed by atoms with van der Waals surface area (Å²) in [6.07, 6.45) is 5.56. The maximum Gasteiger partial charge on any atom is 0.242 e. The first-order valence-corrected chi connectivity index (χ1v) is 13.4. The Morgan fingerprint density at radius 1 is 1.09 bits per heavy atom. The van der Waals surface area contributed by atoms with Crippen molar-refractivity contribution >= 4 is 46.8 Å². The zero-order chi connectivity index (χ0) is 23.8. The number of rotatable bonds is 9. The van der Waals surface area contributed by atoms with Crippen molar-refractivity contribution < 1.29 is 9.59 Å². The second-order valence-electron chi connectivity index (χ2n) is 8.76. The number of nitrogens with one attached hydrogen (secondary N) is 1. The lowest BCUT2D eigenvalue weighted by atomic mass is 9.95. The van der Waals surface area contributed by atoms with Crippen molar-refractivity contribution in [1.29, 1.82) is 0 Å². The van der Waals surface area contributed by atoms with Gasteiger partial charge in [0.15, 0.2) is 0 Å². The molecule has 0 aromatic heterocycles. The molecule has 0 radical (unpaired) electrons. The zero-order valence-corrected chi connectivity index (χ0v) is 21.6. The Morgan fingerprint density at radius 3 is 2.45 bits per heavy atom. The minimum atomic E-state index is -0.541. The van der Waals surface area contributed by atoms with Crippen molar-refractivity contribution in [2.45, 2.75) is 70.3 Å². The van der Waals surface area contributed by atoms with Gasteiger partial charge in [-0.1, -0.05) is 78.4 Å². The van der Waals surface area contributed by atoms with Crippen molar-refractivity contribution in [2.75, 3.05) is 5.75 Å². The Hall–Kier alpha value is -1.69. The lowest BCUT2D eigenvalue weighted by Crippen LogP contribution is -2.50. The van der Waals surface area contributed by atoms with Crippen LogP contribution in [0.4, 0.5) is 0 Å². The van der Waals surface area contributed by atoms with Crippen LogP contribution in [0.2, 0.25) is 10.0 Å². The summed E-state index contributed by atoms with van der Waals surface area (Å²) in [7, 11) is 0. The first-order chi connectivity index (χ1) is 15.8. The molecule has 0 bridgehead atoms. The van der Waals surface area contributed by atoms with Gasteiger partial charge in [0.1, 0.15) is 6.04 Å². The topological polar surface area (TPSA) is 49.4 Å². The van der Waals surface area contributed by atoms with E-state index in [4.69, 9.17) is 23.2 Å². The number of thioether (sulfide) groups is 1. The molecule has 1 N–H and O–H groups in total. The average molecular weight is 508 g/mol. The van der Waals surface area contributed by atoms with E-state index in [0.29, 0.717) is 22.3 Å². The Labute approximate surface area is 211 Å². The number of hydrogen-bond acceptors (Lipinski definition) is 3. The standard InChI is InChI=1S/C26H32Cl2N2O2S/c1-18-8-10-20(11-9-18)15-30(19(2)26(32)29-23-6-4-3-5-7-23)25(31)17-33-16-21-12-13-22(27)14-24(21)28/h8-14,19,23H,3-7,15-17H2,1-2H3,(H,29,32)/t19-/m0/s1. The van der Waals surface area contributed by atoms with Crippen LogP contribution in [0, 0.1) is 6.92 Å². The molecule has 0 aliphatic heterocycles. The molecule has 1 aliphatic rings. The molecule has 0 spiro atoms. The second-order valence-corrected chi connectivity index (χ2v) is 10.6. The molecule has 1 atom stereocenters. The molecule has 1 saturated carbocycles. The fourth-order valence-corrected chi connectivity index (χ4v) is 5.48. The van der Waals surface area contributed by atoms with Crippen molar-refractivity contribution in [3.63, 3.8) is 0 Å². The van der Waals surface area contributed by atoms with Gasteiger partial charge in [-0.3, -0.25) is 9.59 Å². The van der Waals surface area contributed by atoms with E-state index in [0.717, 1.165) is 42.4 Å². The predicted octanol–water partition coefficient (Wildman–Crippen LogP) is 6.40. The monoisotopic (exact) mass is 506 g/mol. The van der Waals surface area contributed by atoms with Crippen molar-refractivity contribution in [1.82, 2.24) is 10.2 Å². The number of carbonyl (C=O) groups excluding carboxylic acids is 2. The molecule has 4 nitrogen and oxygen atoms in total. The van der Waals surface area contributed by atoms with Crippen molar-refractivity contribution in [3.8, 4) is 0 Å². The highest BCUT2D eigenvalue weighted by Crippen LogP contribution is 2.25. The Kier molecular flexibility index (Phi) is 9.96. The molecule has 2 aromatic carbocycles. The van der Waals surface area contributed by atoms with E-state index in [1.807, 2.05) is 44.2 Å². The van der Waals surface area contributed by atoms with E-state index in [2.05, 4.69) is 5.32 Å². The summed E-state index contributed by atoms with van der Waals surface area (Å²) < 4.78 is 0. The minimum Gasteiger partial charge on any atom is -0.352 e. The summed E-state index contributed by atoms with van der Waals surface area (Å²) in [6.45, 7) is 4.26. The van der Waals surface area contributed by atoms with Crippen LogP contribution in [0.1, 0.15) is 55.7 Å². The lowest BCUT2D eigenvalue weighted by Gasteiger charge is -2.31.